The van der Waals surface area contributed by atoms with Gasteiger partial charge in [0.2, 0.25) is 0 Å². The van der Waals surface area contributed by atoms with Crippen LogP contribution >= 0.6 is 0 Å². The number of nitrogens with two attached hydrogens (primary N) is 1. The van der Waals surface area contributed by atoms with Crippen LogP contribution in [-0.2, 0) is 4.74 Å². The predicted molar refractivity (Wildman–Crippen MR) is 54.5 cm³/mol. The summed E-state index contributed by atoms with van der Waals surface area (Å²) in [4.78, 5) is 0. The molecule has 0 aliphatic carbocycles. The second-order valence-corrected chi connectivity index (χ2v) is 4.20. The Morgan fingerprint density at radius 1 is 1.46 bits per heavy atom. The zero-order valence-corrected chi connectivity index (χ0v) is 9.05. The number of aliphatic hydroxyl groups is 1. The lowest BCUT2D eigenvalue weighted by atomic mass is 9.78. The molecule has 0 amide bonds. The standard InChI is InChI=1S/C10H23NO2/c1-9(2)6-10(7-11,8-12)4-5-13-3/h9,12H,4-8,11H2,1-3H3/t10-/m0/s1. The van der Waals surface area contributed by atoms with E-state index in [0.717, 1.165) is 12.8 Å². The summed E-state index contributed by atoms with van der Waals surface area (Å²) in [5.74, 6) is 0.563. The predicted octanol–water partition coefficient (Wildman–Crippen LogP) is 1.01. The number of hydrogen-bond donors (Lipinski definition) is 2. The smallest absolute Gasteiger partial charge is 0.0500 e. The van der Waals surface area contributed by atoms with Crippen molar-refractivity contribution in [2.24, 2.45) is 17.1 Å². The van der Waals surface area contributed by atoms with Crippen LogP contribution < -0.4 is 5.73 Å². The summed E-state index contributed by atoms with van der Waals surface area (Å²) in [6.45, 7) is 5.65. The number of hydrogen-bond acceptors (Lipinski definition) is 3. The van der Waals surface area contributed by atoms with Crippen LogP contribution in [0.5, 0.6) is 0 Å². The van der Waals surface area contributed by atoms with Crippen LogP contribution in [-0.4, -0.2) is 32.0 Å². The van der Waals surface area contributed by atoms with Gasteiger partial charge < -0.3 is 15.6 Å². The molecular weight excluding hydrogens is 166 g/mol. The second kappa shape index (κ2) is 6.35. The van der Waals surface area contributed by atoms with E-state index in [-0.39, 0.29) is 12.0 Å². The fraction of sp³-hybridized carbons (Fsp3) is 1.00. The van der Waals surface area contributed by atoms with Gasteiger partial charge in [-0.3, -0.25) is 0 Å². The third kappa shape index (κ3) is 4.60. The molecule has 1 atom stereocenters. The van der Waals surface area contributed by atoms with Gasteiger partial charge in [0.15, 0.2) is 0 Å². The zero-order chi connectivity index (χ0) is 10.3. The SMILES string of the molecule is COCC[C@](CN)(CO)CC(C)C. The number of ether oxygens (including phenoxy) is 1. The first-order valence-electron chi connectivity index (χ1n) is 4.90. The van der Waals surface area contributed by atoms with Gasteiger partial charge >= 0.3 is 0 Å². The van der Waals surface area contributed by atoms with Crippen LogP contribution in [0.4, 0.5) is 0 Å². The van der Waals surface area contributed by atoms with Gasteiger partial charge in [-0.15, -0.1) is 0 Å². The highest BCUT2D eigenvalue weighted by Crippen LogP contribution is 2.28. The molecule has 13 heavy (non-hydrogen) atoms. The lowest BCUT2D eigenvalue weighted by molar-refractivity contribution is 0.0645. The normalized spacial score (nSPS) is 16.2. The Balaban J connectivity index is 4.13. The topological polar surface area (TPSA) is 55.5 Å². The van der Waals surface area contributed by atoms with Crippen molar-refractivity contribution in [2.75, 3.05) is 26.9 Å². The summed E-state index contributed by atoms with van der Waals surface area (Å²) in [5, 5.41) is 9.32. The maximum Gasteiger partial charge on any atom is 0.0500 e. The number of rotatable bonds is 7. The van der Waals surface area contributed by atoms with Crippen LogP contribution in [0.1, 0.15) is 26.7 Å². The fourth-order valence-electron chi connectivity index (χ4n) is 1.68. The van der Waals surface area contributed by atoms with Crippen LogP contribution in [0.3, 0.4) is 0 Å². The Bertz CT molecular complexity index is 122. The quantitative estimate of drug-likeness (QED) is 0.628. The molecule has 0 heterocycles. The van der Waals surface area contributed by atoms with E-state index in [1.807, 2.05) is 0 Å². The van der Waals surface area contributed by atoms with Crippen molar-refractivity contribution in [3.63, 3.8) is 0 Å². The van der Waals surface area contributed by atoms with E-state index in [1.165, 1.54) is 0 Å². The summed E-state index contributed by atoms with van der Waals surface area (Å²) < 4.78 is 5.02. The molecular formula is C10H23NO2. The molecule has 0 spiro atoms. The van der Waals surface area contributed by atoms with Gasteiger partial charge in [-0.25, -0.2) is 0 Å². The molecule has 3 nitrogen and oxygen atoms in total. The van der Waals surface area contributed by atoms with E-state index in [9.17, 15) is 5.11 Å². The molecule has 0 aromatic rings. The van der Waals surface area contributed by atoms with Crippen LogP contribution in [0, 0.1) is 11.3 Å². The minimum Gasteiger partial charge on any atom is -0.396 e. The minimum absolute atomic E-state index is 0.135. The highest BCUT2D eigenvalue weighted by Gasteiger charge is 2.28. The van der Waals surface area contributed by atoms with Gasteiger partial charge in [0.1, 0.15) is 0 Å². The molecule has 3 N–H and O–H groups in total. The van der Waals surface area contributed by atoms with E-state index in [2.05, 4.69) is 13.8 Å². The third-order valence-electron chi connectivity index (χ3n) is 2.45. The molecule has 0 aliphatic heterocycles. The van der Waals surface area contributed by atoms with Crippen molar-refractivity contribution in [1.82, 2.24) is 0 Å². The monoisotopic (exact) mass is 189 g/mol. The van der Waals surface area contributed by atoms with Crippen molar-refractivity contribution in [1.29, 1.82) is 0 Å². The van der Waals surface area contributed by atoms with E-state index in [4.69, 9.17) is 10.5 Å². The van der Waals surface area contributed by atoms with Crippen LogP contribution in [0.15, 0.2) is 0 Å². The van der Waals surface area contributed by atoms with E-state index in [0.29, 0.717) is 19.1 Å². The third-order valence-corrected chi connectivity index (χ3v) is 2.45. The van der Waals surface area contributed by atoms with E-state index in [1.54, 1.807) is 7.11 Å². The van der Waals surface area contributed by atoms with E-state index < -0.39 is 0 Å². The first kappa shape index (κ1) is 12.9. The summed E-state index contributed by atoms with van der Waals surface area (Å²) in [5.41, 5.74) is 5.56. The molecule has 0 bridgehead atoms. The van der Waals surface area contributed by atoms with E-state index >= 15 is 0 Å². The molecule has 0 fully saturated rings. The van der Waals surface area contributed by atoms with Crippen LogP contribution in [0.25, 0.3) is 0 Å². The molecule has 80 valence electrons. The minimum atomic E-state index is -0.135. The Kier molecular flexibility index (Phi) is 6.29. The Morgan fingerprint density at radius 3 is 2.38 bits per heavy atom. The molecule has 0 saturated carbocycles. The van der Waals surface area contributed by atoms with Crippen LogP contribution in [0.2, 0.25) is 0 Å². The first-order chi connectivity index (χ1) is 6.10. The van der Waals surface area contributed by atoms with Crippen molar-refractivity contribution >= 4 is 0 Å². The van der Waals surface area contributed by atoms with Crippen molar-refractivity contribution in [3.05, 3.63) is 0 Å². The molecule has 0 unspecified atom stereocenters. The Hall–Kier alpha value is -0.120. The average Bonchev–Trinajstić information content (AvgIpc) is 2.12. The Labute approximate surface area is 81.3 Å². The lowest BCUT2D eigenvalue weighted by Crippen LogP contribution is -2.36. The van der Waals surface area contributed by atoms with Gasteiger partial charge in [0.25, 0.3) is 0 Å². The molecule has 0 aromatic heterocycles. The summed E-state index contributed by atoms with van der Waals surface area (Å²) in [7, 11) is 1.67. The Morgan fingerprint density at radius 2 is 2.08 bits per heavy atom. The van der Waals surface area contributed by atoms with Gasteiger partial charge in [-0.1, -0.05) is 13.8 Å². The van der Waals surface area contributed by atoms with Crippen molar-refractivity contribution in [2.45, 2.75) is 26.7 Å². The first-order valence-corrected chi connectivity index (χ1v) is 4.90. The fourth-order valence-corrected chi connectivity index (χ4v) is 1.68. The molecule has 3 heteroatoms. The second-order valence-electron chi connectivity index (χ2n) is 4.20. The summed E-state index contributed by atoms with van der Waals surface area (Å²) >= 11 is 0. The maximum atomic E-state index is 9.32. The molecule has 0 saturated heterocycles. The van der Waals surface area contributed by atoms with Gasteiger partial charge in [-0.2, -0.15) is 0 Å². The summed E-state index contributed by atoms with van der Waals surface area (Å²) in [6, 6.07) is 0. The molecule has 0 aromatic carbocycles. The van der Waals surface area contributed by atoms with Crippen molar-refractivity contribution < 1.29 is 9.84 Å². The largest absolute Gasteiger partial charge is 0.396 e. The molecule has 0 radical (unpaired) electrons. The van der Waals surface area contributed by atoms with Gasteiger partial charge in [0, 0.05) is 32.3 Å². The molecule has 0 aliphatic rings. The zero-order valence-electron chi connectivity index (χ0n) is 9.05. The van der Waals surface area contributed by atoms with Crippen molar-refractivity contribution in [3.8, 4) is 0 Å². The van der Waals surface area contributed by atoms with Gasteiger partial charge in [0.05, 0.1) is 0 Å². The van der Waals surface area contributed by atoms with Gasteiger partial charge in [-0.05, 0) is 18.8 Å². The lowest BCUT2D eigenvalue weighted by Gasteiger charge is -2.31. The molecule has 0 rings (SSSR count). The average molecular weight is 189 g/mol. The summed E-state index contributed by atoms with van der Waals surface area (Å²) in [6.07, 6.45) is 1.80. The number of methoxy groups -OCH3 is 1. The highest BCUT2D eigenvalue weighted by molar-refractivity contribution is 4.80. The highest BCUT2D eigenvalue weighted by atomic mass is 16.5. The maximum absolute atomic E-state index is 9.32. The number of aliphatic hydroxyl groups excluding tert-OH is 1.